The van der Waals surface area contributed by atoms with Crippen molar-refractivity contribution in [2.24, 2.45) is 0 Å². The van der Waals surface area contributed by atoms with Crippen molar-refractivity contribution in [3.05, 3.63) is 93.9 Å². The molecule has 4 heterocycles. The molecule has 7 rings (SSSR count). The van der Waals surface area contributed by atoms with E-state index in [-0.39, 0.29) is 112 Å². The number of carbonyl (C=O) groups is 4. The zero-order valence-corrected chi connectivity index (χ0v) is 42.8. The molecule has 4 aliphatic rings. The molecule has 0 bridgehead atoms. The number of hydrogen-bond acceptors (Lipinski definition) is 12. The van der Waals surface area contributed by atoms with E-state index in [0.29, 0.717) is 33.2 Å². The number of benzene rings is 3. The van der Waals surface area contributed by atoms with Crippen LogP contribution in [-0.4, -0.2) is 113 Å². The molecule has 0 spiro atoms. The molecular weight excluding hydrogens is 872 g/mol. The maximum Gasteiger partial charge on any atom is 2.00 e. The Hall–Kier alpha value is -1.74. The van der Waals surface area contributed by atoms with Crippen LogP contribution in [0.1, 0.15) is 150 Å². The number of aldehydes is 1. The Balaban J connectivity index is 0. The molecule has 0 aromatic heterocycles. The van der Waals surface area contributed by atoms with Gasteiger partial charge in [0.1, 0.15) is 6.29 Å². The van der Waals surface area contributed by atoms with Gasteiger partial charge >= 0.3 is 79.9 Å². The summed E-state index contributed by atoms with van der Waals surface area (Å²) in [5.74, 6) is -1.01. The number of carboxylic acid groups (broad SMARTS) is 1. The number of rotatable bonds is 5. The summed E-state index contributed by atoms with van der Waals surface area (Å²) in [5.41, 5.74) is 6.98. The first kappa shape index (κ1) is 61.3. The summed E-state index contributed by atoms with van der Waals surface area (Å²) < 4.78 is 27.5. The number of fused-ring (bicyclic) bond motifs is 2. The van der Waals surface area contributed by atoms with Gasteiger partial charge in [-0.3, -0.25) is 14.4 Å². The van der Waals surface area contributed by atoms with Crippen LogP contribution < -0.4 is 62.9 Å². The van der Waals surface area contributed by atoms with E-state index < -0.39 is 38.5 Å². The van der Waals surface area contributed by atoms with Gasteiger partial charge in [-0.15, -0.1) is 0 Å². The molecule has 2 fully saturated rings. The largest absolute Gasteiger partial charge is 2.00 e. The Morgan fingerprint density at radius 3 is 1.41 bits per heavy atom. The Kier molecular flexibility index (Phi) is 25.8. The third-order valence-electron chi connectivity index (χ3n) is 11.1. The van der Waals surface area contributed by atoms with E-state index in [1.165, 1.54) is 26.7 Å². The van der Waals surface area contributed by atoms with Gasteiger partial charge in [0.2, 0.25) is 0 Å². The Morgan fingerprint density at radius 1 is 0.705 bits per heavy atom. The predicted octanol–water partition coefficient (Wildman–Crippen LogP) is -1.54. The number of aromatic carboxylic acids is 1. The molecule has 61 heavy (non-hydrogen) atoms. The van der Waals surface area contributed by atoms with Gasteiger partial charge in [-0.1, -0.05) is 30.3 Å². The van der Waals surface area contributed by atoms with E-state index in [1.54, 1.807) is 37.3 Å². The second kappa shape index (κ2) is 25.7. The molecule has 3 aromatic rings. The van der Waals surface area contributed by atoms with Crippen LogP contribution in [0, 0.1) is 28.2 Å². The number of carboxylic acids is 1. The minimum Gasteiger partial charge on any atom is -1.00 e. The molecule has 0 aliphatic carbocycles. The third kappa shape index (κ3) is 13.9. The number of carbonyl (C=O) groups excluding carboxylic acids is 3. The monoisotopic (exact) mass is 928 g/mol. The number of ether oxygens (including phenoxy) is 1. The van der Waals surface area contributed by atoms with Gasteiger partial charge in [0.25, 0.3) is 0 Å². The fraction of sp³-hybridized carbons (Fsp3) is 0.452. The Morgan fingerprint density at radius 2 is 1.07 bits per heavy atom. The fourth-order valence-corrected chi connectivity index (χ4v) is 7.16. The zero-order valence-electron chi connectivity index (χ0n) is 37.8. The quantitative estimate of drug-likeness (QED) is 0.115. The molecule has 4 aliphatic heterocycles. The molecule has 0 amide bonds. The van der Waals surface area contributed by atoms with Gasteiger partial charge in [-0.05, 0) is 139 Å². The van der Waals surface area contributed by atoms with Gasteiger partial charge in [-0.2, -0.15) is 0 Å². The summed E-state index contributed by atoms with van der Waals surface area (Å²) in [4.78, 5) is 45.3. The molecule has 2 saturated heterocycles. The fourth-order valence-electron chi connectivity index (χ4n) is 7.16. The molecule has 322 valence electrons. The number of halogens is 1. The number of hydrogen-bond donors (Lipinski definition) is 3. The van der Waals surface area contributed by atoms with Crippen molar-refractivity contribution in [2.45, 2.75) is 112 Å². The van der Waals surface area contributed by atoms with Crippen LogP contribution in [0.3, 0.4) is 0 Å². The Bertz CT molecular complexity index is 1890. The summed E-state index contributed by atoms with van der Waals surface area (Å²) >= 11 is 0. The van der Waals surface area contributed by atoms with E-state index in [0.717, 1.165) is 47.2 Å². The molecule has 0 saturated carbocycles. The number of ketones is 2. The minimum absolute atomic E-state index is 0. The number of Topliss-reactive ketones (excluding diaryl/α,β-unsaturated/α-hetero) is 2. The van der Waals surface area contributed by atoms with E-state index in [1.807, 2.05) is 61.5 Å². The van der Waals surface area contributed by atoms with Crippen molar-refractivity contribution in [3.63, 3.8) is 0 Å². The van der Waals surface area contributed by atoms with E-state index >= 15 is 0 Å². The maximum absolute atomic E-state index is 11.7. The van der Waals surface area contributed by atoms with Gasteiger partial charge in [0.05, 0.1) is 29.0 Å². The molecule has 19 heteroatoms. The molecule has 2 unspecified atom stereocenters. The molecule has 4 N–H and O–H groups in total. The smallest absolute Gasteiger partial charge is 1.00 e. The van der Waals surface area contributed by atoms with Crippen LogP contribution in [0.15, 0.2) is 36.4 Å². The summed E-state index contributed by atoms with van der Waals surface area (Å²) in [6.07, 6.45) is 3.04. The summed E-state index contributed by atoms with van der Waals surface area (Å²) in [6, 6.07) is 10.2. The topological polar surface area (TPSA) is 205 Å². The van der Waals surface area contributed by atoms with Crippen LogP contribution in [0.4, 0.5) is 0 Å². The first-order valence-electron chi connectivity index (χ1n) is 18.9. The Labute approximate surface area is 410 Å². The molecule has 3 aromatic carbocycles. The van der Waals surface area contributed by atoms with Crippen molar-refractivity contribution in [2.75, 3.05) is 13.2 Å². The second-order valence-electron chi connectivity index (χ2n) is 15.4. The van der Waals surface area contributed by atoms with Crippen LogP contribution in [-0.2, 0) is 23.4 Å². The van der Waals surface area contributed by atoms with E-state index in [9.17, 15) is 29.2 Å². The van der Waals surface area contributed by atoms with E-state index in [2.05, 4.69) is 0 Å². The van der Waals surface area contributed by atoms with Crippen molar-refractivity contribution in [1.82, 2.24) is 0 Å². The second-order valence-corrected chi connectivity index (χ2v) is 15.4. The predicted molar refractivity (Wildman–Crippen MR) is 230 cm³/mol. The standard InChI is InChI=1S/C16H21BO4.C11H13BO3.C10H11BO4.C4H8O.CH3.BrH.Mg.Na.H2O/c1-10-13(11(2)19)8-7-12(9-18)14(10)17-20-15(3,4)16(5,6)21-17;1-6-9(7(2)13)4-5-10-8(3)15-12(14)11(6)10;1-5-7(10(12)13)3-4-8-6(2)15-11(14)9(5)8;1-2-4-5-3-1;;;;;/h7-9H,1-6H3;4-5,8,14H,1-3H3;3-4,6,14H,1-2H3,(H,12,13);1-4H2;1H3;1H;;;1H2/q;;;;-1;;+2;+1;/p-2. The van der Waals surface area contributed by atoms with Crippen molar-refractivity contribution >= 4 is 84.6 Å². The maximum atomic E-state index is 11.7. The van der Waals surface area contributed by atoms with Crippen molar-refractivity contribution in [3.8, 4) is 0 Å². The first-order chi connectivity index (χ1) is 26.1. The zero-order chi connectivity index (χ0) is 41.9. The first-order valence-corrected chi connectivity index (χ1v) is 18.9. The van der Waals surface area contributed by atoms with Gasteiger partial charge in [0, 0.05) is 29.9 Å². The third-order valence-corrected chi connectivity index (χ3v) is 11.1. The van der Waals surface area contributed by atoms with Gasteiger partial charge in [0.15, 0.2) is 11.6 Å². The summed E-state index contributed by atoms with van der Waals surface area (Å²) in [7, 11) is -2.54. The van der Waals surface area contributed by atoms with Crippen molar-refractivity contribution in [1.29, 1.82) is 0 Å². The molecule has 0 radical (unpaired) electrons. The van der Waals surface area contributed by atoms with Crippen LogP contribution in [0.25, 0.3) is 0 Å². The van der Waals surface area contributed by atoms with Crippen LogP contribution in [0.5, 0.6) is 0 Å². The van der Waals surface area contributed by atoms with Crippen molar-refractivity contribution < 1.29 is 110 Å². The van der Waals surface area contributed by atoms with E-state index in [4.69, 9.17) is 28.5 Å². The van der Waals surface area contributed by atoms with Crippen LogP contribution in [0.2, 0.25) is 0 Å². The normalized spacial score (nSPS) is 18.1. The minimum atomic E-state index is -1.01. The summed E-state index contributed by atoms with van der Waals surface area (Å²) in [6.45, 7) is 21.9. The summed E-state index contributed by atoms with van der Waals surface area (Å²) in [5, 5.41) is 28.3. The molecule has 13 nitrogen and oxygen atoms in total. The van der Waals surface area contributed by atoms with Gasteiger partial charge < -0.3 is 68.4 Å². The average Bonchev–Trinajstić information content (AvgIpc) is 3.89. The van der Waals surface area contributed by atoms with Crippen LogP contribution >= 0.6 is 0 Å². The average molecular weight is 930 g/mol. The molecule has 2 atom stereocenters. The molecular formula is C42H57B3BrMgNaO13. The SMILES string of the molecule is C1CCOC1.CC(=O)c1ccc(C=O)c(B2OC(C)(C)C(C)(C)O2)c1C.CC(=O)c1ccc2c(c1C)B(O)OC2C.Cc1c(C(=O)O)ccc2c1B(O)OC2C.[Br-].[CH3-].[Mg+2].[Na+].[OH-]. The van der Waals surface area contributed by atoms with Gasteiger partial charge in [-0.25, -0.2) is 4.79 Å².